The first kappa shape index (κ1) is 14.4. The van der Waals surface area contributed by atoms with Crippen LogP contribution in [0, 0.1) is 24.2 Å². The molecule has 0 bridgehead atoms. The van der Waals surface area contributed by atoms with E-state index in [-0.39, 0.29) is 6.04 Å². The highest BCUT2D eigenvalue weighted by Gasteiger charge is 2.25. The maximum Gasteiger partial charge on any atom is 0.0643 e. The number of aryl methyl sites for hydroxylation is 1. The smallest absolute Gasteiger partial charge is 0.0643 e. The molecule has 2 rings (SSSR count). The summed E-state index contributed by atoms with van der Waals surface area (Å²) in [4.78, 5) is 2.37. The molecule has 0 amide bonds. The van der Waals surface area contributed by atoms with Crippen molar-refractivity contribution in [3.05, 3.63) is 28.2 Å². The Balaban J connectivity index is 2.32. The topological polar surface area (TPSA) is 39.1 Å². The molecular formula is C15H20BrN3. The Morgan fingerprint density at radius 2 is 2.26 bits per heavy atom. The van der Waals surface area contributed by atoms with E-state index in [0.29, 0.717) is 12.3 Å². The summed E-state index contributed by atoms with van der Waals surface area (Å²) in [5.41, 5.74) is 2.44. The molecule has 1 heterocycles. The first-order valence-corrected chi connectivity index (χ1v) is 7.51. The minimum Gasteiger partial charge on any atom is -0.365 e. The summed E-state index contributed by atoms with van der Waals surface area (Å²) in [5, 5.41) is 12.5. The fourth-order valence-electron chi connectivity index (χ4n) is 2.58. The van der Waals surface area contributed by atoms with E-state index in [1.54, 1.807) is 0 Å². The lowest BCUT2D eigenvalue weighted by molar-refractivity contribution is 0.563. The van der Waals surface area contributed by atoms with E-state index < -0.39 is 0 Å². The first-order valence-electron chi connectivity index (χ1n) is 6.72. The molecule has 1 N–H and O–H groups in total. The molecule has 19 heavy (non-hydrogen) atoms. The number of anilines is 1. The quantitative estimate of drug-likeness (QED) is 0.909. The Morgan fingerprint density at radius 3 is 2.95 bits per heavy atom. The van der Waals surface area contributed by atoms with Crippen LogP contribution in [0.2, 0.25) is 0 Å². The van der Waals surface area contributed by atoms with Gasteiger partial charge in [-0.1, -0.05) is 13.0 Å². The second kappa shape index (κ2) is 6.40. The summed E-state index contributed by atoms with van der Waals surface area (Å²) in [7, 11) is 0. The van der Waals surface area contributed by atoms with Gasteiger partial charge in [-0.05, 0) is 53.0 Å². The van der Waals surface area contributed by atoms with Gasteiger partial charge in [-0.15, -0.1) is 0 Å². The highest BCUT2D eigenvalue weighted by atomic mass is 79.9. The van der Waals surface area contributed by atoms with Gasteiger partial charge in [-0.25, -0.2) is 0 Å². The summed E-state index contributed by atoms with van der Waals surface area (Å²) in [6, 6.07) is 8.98. The van der Waals surface area contributed by atoms with Crippen molar-refractivity contribution in [1.82, 2.24) is 5.32 Å². The van der Waals surface area contributed by atoms with Crippen LogP contribution in [-0.4, -0.2) is 25.7 Å². The monoisotopic (exact) mass is 321 g/mol. The number of nitriles is 1. The summed E-state index contributed by atoms with van der Waals surface area (Å²) in [6.45, 7) is 7.21. The summed E-state index contributed by atoms with van der Waals surface area (Å²) in [5.74, 6) is 0.580. The molecule has 3 nitrogen and oxygen atoms in total. The zero-order valence-corrected chi connectivity index (χ0v) is 13.1. The third-order valence-corrected chi connectivity index (χ3v) is 4.20. The van der Waals surface area contributed by atoms with Crippen LogP contribution in [0.15, 0.2) is 22.7 Å². The van der Waals surface area contributed by atoms with Crippen LogP contribution in [0.5, 0.6) is 0 Å². The van der Waals surface area contributed by atoms with E-state index in [1.165, 1.54) is 11.3 Å². The van der Waals surface area contributed by atoms with Gasteiger partial charge < -0.3 is 10.2 Å². The molecule has 0 aliphatic carbocycles. The van der Waals surface area contributed by atoms with Crippen molar-refractivity contribution in [3.8, 4) is 6.07 Å². The third-order valence-electron chi connectivity index (χ3n) is 3.56. The molecule has 0 radical (unpaired) electrons. The zero-order valence-electron chi connectivity index (χ0n) is 11.5. The Hall–Kier alpha value is -1.05. The molecule has 1 aromatic carbocycles. The van der Waals surface area contributed by atoms with Crippen molar-refractivity contribution in [2.75, 3.05) is 24.5 Å². The van der Waals surface area contributed by atoms with Crippen molar-refractivity contribution in [3.63, 3.8) is 0 Å². The van der Waals surface area contributed by atoms with E-state index >= 15 is 0 Å². The third kappa shape index (κ3) is 3.49. The molecule has 2 unspecified atom stereocenters. The van der Waals surface area contributed by atoms with Crippen LogP contribution in [0.3, 0.4) is 0 Å². The molecule has 1 aliphatic heterocycles. The second-order valence-corrected chi connectivity index (χ2v) is 6.24. The van der Waals surface area contributed by atoms with E-state index in [4.69, 9.17) is 5.26 Å². The average Bonchev–Trinajstić information content (AvgIpc) is 2.52. The lowest BCUT2D eigenvalue weighted by atomic mass is 10.1. The van der Waals surface area contributed by atoms with Gasteiger partial charge in [0.1, 0.15) is 0 Å². The first-order chi connectivity index (χ1) is 9.11. The Bertz CT molecular complexity index is 481. The summed E-state index contributed by atoms with van der Waals surface area (Å²) in [6.07, 6.45) is 0.556. The van der Waals surface area contributed by atoms with Gasteiger partial charge >= 0.3 is 0 Å². The van der Waals surface area contributed by atoms with E-state index in [2.05, 4.69) is 64.3 Å². The largest absolute Gasteiger partial charge is 0.365 e. The molecular weight excluding hydrogens is 302 g/mol. The van der Waals surface area contributed by atoms with Crippen LogP contribution in [0.1, 0.15) is 18.9 Å². The maximum absolute atomic E-state index is 9.04. The van der Waals surface area contributed by atoms with Gasteiger partial charge in [0, 0.05) is 17.6 Å². The lowest BCUT2D eigenvalue weighted by Gasteiger charge is -2.32. The predicted molar refractivity (Wildman–Crippen MR) is 82.3 cm³/mol. The SMILES string of the molecule is Cc1ccc(N2CC(C)CNCC2CC#N)c(Br)c1. The minimum absolute atomic E-state index is 0.244. The minimum atomic E-state index is 0.244. The number of nitrogens with one attached hydrogen (secondary N) is 1. The van der Waals surface area contributed by atoms with Gasteiger partial charge in [0.25, 0.3) is 0 Å². The van der Waals surface area contributed by atoms with Gasteiger partial charge in [0.15, 0.2) is 0 Å². The average molecular weight is 322 g/mol. The molecule has 0 saturated carbocycles. The van der Waals surface area contributed by atoms with Gasteiger partial charge in [0.05, 0.1) is 24.2 Å². The molecule has 102 valence electrons. The van der Waals surface area contributed by atoms with Crippen LogP contribution in [0.25, 0.3) is 0 Å². The van der Waals surface area contributed by atoms with Crippen molar-refractivity contribution >= 4 is 21.6 Å². The number of halogens is 1. The molecule has 1 aliphatic rings. The number of nitrogens with zero attached hydrogens (tertiary/aromatic N) is 2. The maximum atomic E-state index is 9.04. The highest BCUT2D eigenvalue weighted by Crippen LogP contribution is 2.30. The second-order valence-electron chi connectivity index (χ2n) is 5.39. The van der Waals surface area contributed by atoms with Crippen molar-refractivity contribution < 1.29 is 0 Å². The van der Waals surface area contributed by atoms with Gasteiger partial charge in [0.2, 0.25) is 0 Å². The Kier molecular flexibility index (Phi) is 4.84. The number of hydrogen-bond acceptors (Lipinski definition) is 3. The van der Waals surface area contributed by atoms with Gasteiger partial charge in [-0.2, -0.15) is 5.26 Å². The van der Waals surface area contributed by atoms with E-state index in [1.807, 2.05) is 0 Å². The van der Waals surface area contributed by atoms with Crippen molar-refractivity contribution in [2.24, 2.45) is 5.92 Å². The van der Waals surface area contributed by atoms with Crippen molar-refractivity contribution in [1.29, 1.82) is 5.26 Å². The lowest BCUT2D eigenvalue weighted by Crippen LogP contribution is -2.40. The standard InChI is InChI=1S/C15H20BrN3/c1-11-3-4-15(14(16)7-11)19-10-12(2)8-18-9-13(19)5-6-17/h3-4,7,12-13,18H,5,8-10H2,1-2H3. The van der Waals surface area contributed by atoms with Crippen LogP contribution >= 0.6 is 15.9 Å². The zero-order chi connectivity index (χ0) is 13.8. The van der Waals surface area contributed by atoms with Crippen LogP contribution < -0.4 is 10.2 Å². The van der Waals surface area contributed by atoms with Crippen LogP contribution in [0.4, 0.5) is 5.69 Å². The van der Waals surface area contributed by atoms with E-state index in [0.717, 1.165) is 24.1 Å². The molecule has 0 spiro atoms. The fraction of sp³-hybridized carbons (Fsp3) is 0.533. The van der Waals surface area contributed by atoms with Crippen molar-refractivity contribution in [2.45, 2.75) is 26.3 Å². The Morgan fingerprint density at radius 1 is 1.47 bits per heavy atom. The molecule has 1 aromatic rings. The number of hydrogen-bond donors (Lipinski definition) is 1. The van der Waals surface area contributed by atoms with Gasteiger partial charge in [-0.3, -0.25) is 0 Å². The molecule has 0 aromatic heterocycles. The fourth-order valence-corrected chi connectivity index (χ4v) is 3.30. The molecule has 1 fully saturated rings. The summed E-state index contributed by atoms with van der Waals surface area (Å²) >= 11 is 3.66. The molecule has 1 saturated heterocycles. The van der Waals surface area contributed by atoms with E-state index in [9.17, 15) is 0 Å². The summed E-state index contributed by atoms with van der Waals surface area (Å²) < 4.78 is 1.12. The molecule has 4 heteroatoms. The number of benzene rings is 1. The molecule has 2 atom stereocenters. The number of rotatable bonds is 2. The Labute approximate surface area is 123 Å². The highest BCUT2D eigenvalue weighted by molar-refractivity contribution is 9.10. The predicted octanol–water partition coefficient (Wildman–Crippen LogP) is 3.09. The normalized spacial score (nSPS) is 23.8. The van der Waals surface area contributed by atoms with Crippen LogP contribution in [-0.2, 0) is 0 Å².